The van der Waals surface area contributed by atoms with E-state index in [-0.39, 0.29) is 5.91 Å². The third kappa shape index (κ3) is 4.61. The molecular formula is C12H20N2O. The lowest BCUT2D eigenvalue weighted by atomic mass is 10.4. The predicted molar refractivity (Wildman–Crippen MR) is 64.2 cm³/mol. The normalized spacial score (nSPS) is 9.73. The van der Waals surface area contributed by atoms with Gasteiger partial charge in [0.2, 0.25) is 0 Å². The molecule has 1 amide bonds. The molecule has 3 heteroatoms. The van der Waals surface area contributed by atoms with Crippen molar-refractivity contribution in [2.45, 2.75) is 13.3 Å². The van der Waals surface area contributed by atoms with Crippen molar-refractivity contribution in [2.75, 3.05) is 19.6 Å². The van der Waals surface area contributed by atoms with E-state index < -0.39 is 0 Å². The average Bonchev–Trinajstić information content (AvgIpc) is 2.25. The van der Waals surface area contributed by atoms with Crippen molar-refractivity contribution < 1.29 is 4.79 Å². The molecular weight excluding hydrogens is 188 g/mol. The number of carbonyl (C=O) groups excluding carboxylic acids is 1. The van der Waals surface area contributed by atoms with Crippen LogP contribution in [-0.2, 0) is 4.79 Å². The summed E-state index contributed by atoms with van der Waals surface area (Å²) in [5, 5.41) is 3.57. The first-order valence-electron chi connectivity index (χ1n) is 5.11. The molecule has 15 heavy (non-hydrogen) atoms. The highest BCUT2D eigenvalue weighted by Gasteiger charge is 2.15. The van der Waals surface area contributed by atoms with E-state index in [4.69, 9.17) is 0 Å². The van der Waals surface area contributed by atoms with Crippen molar-refractivity contribution in [3.05, 3.63) is 38.0 Å². The van der Waals surface area contributed by atoms with Crippen molar-refractivity contribution >= 4 is 5.91 Å². The fourth-order valence-electron chi connectivity index (χ4n) is 1.28. The van der Waals surface area contributed by atoms with Gasteiger partial charge in [-0.05, 0) is 12.5 Å². The number of carbonyl (C=O) groups is 1. The molecule has 0 radical (unpaired) electrons. The molecule has 0 N–H and O–H groups in total. The minimum absolute atomic E-state index is 0.0828. The van der Waals surface area contributed by atoms with Gasteiger partial charge in [0.15, 0.2) is 0 Å². The van der Waals surface area contributed by atoms with E-state index in [9.17, 15) is 4.79 Å². The third-order valence-corrected chi connectivity index (χ3v) is 1.89. The Hall–Kier alpha value is -1.35. The summed E-state index contributed by atoms with van der Waals surface area (Å²) in [7, 11) is 0. The van der Waals surface area contributed by atoms with E-state index in [0.29, 0.717) is 19.6 Å². The molecule has 0 rings (SSSR count). The van der Waals surface area contributed by atoms with Gasteiger partial charge in [-0.3, -0.25) is 9.80 Å². The van der Waals surface area contributed by atoms with Gasteiger partial charge in [0, 0.05) is 19.6 Å². The van der Waals surface area contributed by atoms with Gasteiger partial charge in [-0.15, -0.1) is 13.2 Å². The van der Waals surface area contributed by atoms with Crippen molar-refractivity contribution in [2.24, 2.45) is 0 Å². The van der Waals surface area contributed by atoms with E-state index in [0.717, 1.165) is 6.42 Å². The molecule has 0 aromatic carbocycles. The second kappa shape index (κ2) is 8.00. The van der Waals surface area contributed by atoms with Crippen LogP contribution in [0, 0.1) is 0 Å². The van der Waals surface area contributed by atoms with Crippen molar-refractivity contribution in [1.82, 2.24) is 10.0 Å². The average molecular weight is 208 g/mol. The Kier molecular flexibility index (Phi) is 7.28. The van der Waals surface area contributed by atoms with Crippen LogP contribution >= 0.6 is 0 Å². The van der Waals surface area contributed by atoms with E-state index in [1.54, 1.807) is 17.2 Å². The predicted octanol–water partition coefficient (Wildman–Crippen LogP) is 2.00. The number of hydrogen-bond acceptors (Lipinski definition) is 2. The number of hydrazine groups is 1. The highest BCUT2D eigenvalue weighted by Crippen LogP contribution is 2.02. The molecule has 0 aromatic rings. The van der Waals surface area contributed by atoms with Gasteiger partial charge in [-0.25, -0.2) is 5.01 Å². The zero-order chi connectivity index (χ0) is 11.7. The molecule has 0 heterocycles. The molecule has 0 saturated carbocycles. The largest absolute Gasteiger partial charge is 0.271 e. The zero-order valence-corrected chi connectivity index (χ0v) is 9.48. The van der Waals surface area contributed by atoms with Gasteiger partial charge >= 0.3 is 0 Å². The van der Waals surface area contributed by atoms with E-state index in [2.05, 4.69) is 19.7 Å². The monoisotopic (exact) mass is 208 g/mol. The van der Waals surface area contributed by atoms with Crippen molar-refractivity contribution in [3.63, 3.8) is 0 Å². The van der Waals surface area contributed by atoms with Crippen LogP contribution in [0.3, 0.4) is 0 Å². The maximum atomic E-state index is 11.6. The summed E-state index contributed by atoms with van der Waals surface area (Å²) in [6.45, 7) is 14.8. The van der Waals surface area contributed by atoms with Gasteiger partial charge in [-0.2, -0.15) is 0 Å². The number of nitrogens with zero attached hydrogens (tertiary/aromatic N) is 2. The Labute approximate surface area is 92.3 Å². The van der Waals surface area contributed by atoms with Crippen LogP contribution in [0.5, 0.6) is 0 Å². The second-order valence-electron chi connectivity index (χ2n) is 3.11. The first-order valence-corrected chi connectivity index (χ1v) is 5.11. The van der Waals surface area contributed by atoms with E-state index >= 15 is 0 Å². The molecule has 0 saturated heterocycles. The Morgan fingerprint density at radius 1 is 1.20 bits per heavy atom. The van der Waals surface area contributed by atoms with Crippen LogP contribution in [0.2, 0.25) is 0 Å². The maximum Gasteiger partial charge on any atom is 0.260 e. The molecule has 0 aliphatic carbocycles. The minimum atomic E-state index is -0.0828. The Morgan fingerprint density at radius 2 is 1.73 bits per heavy atom. The fourth-order valence-corrected chi connectivity index (χ4v) is 1.28. The lowest BCUT2D eigenvalue weighted by Gasteiger charge is -2.32. The van der Waals surface area contributed by atoms with Gasteiger partial charge in [-0.1, -0.05) is 25.7 Å². The van der Waals surface area contributed by atoms with Crippen molar-refractivity contribution in [1.29, 1.82) is 0 Å². The van der Waals surface area contributed by atoms with Crippen LogP contribution in [-0.4, -0.2) is 35.6 Å². The highest BCUT2D eigenvalue weighted by molar-refractivity contribution is 5.86. The molecule has 0 unspecified atom stereocenters. The molecule has 84 valence electrons. The van der Waals surface area contributed by atoms with Crippen LogP contribution in [0.15, 0.2) is 38.0 Å². The quantitative estimate of drug-likeness (QED) is 0.346. The van der Waals surface area contributed by atoms with Crippen LogP contribution < -0.4 is 0 Å². The lowest BCUT2D eigenvalue weighted by molar-refractivity contribution is -0.141. The molecule has 0 fully saturated rings. The third-order valence-electron chi connectivity index (χ3n) is 1.89. The Morgan fingerprint density at radius 3 is 2.07 bits per heavy atom. The zero-order valence-electron chi connectivity index (χ0n) is 9.48. The van der Waals surface area contributed by atoms with E-state index in [1.165, 1.54) is 6.08 Å². The first kappa shape index (κ1) is 13.7. The SMILES string of the molecule is C=CCN(CC=C)N(CCC)C(=O)C=C. The lowest BCUT2D eigenvalue weighted by Crippen LogP contribution is -2.46. The smallest absolute Gasteiger partial charge is 0.260 e. The summed E-state index contributed by atoms with van der Waals surface area (Å²) < 4.78 is 0. The molecule has 0 bridgehead atoms. The molecule has 0 aromatic heterocycles. The van der Waals surface area contributed by atoms with Crippen LogP contribution in [0.4, 0.5) is 0 Å². The second-order valence-corrected chi connectivity index (χ2v) is 3.11. The standard InChI is InChI=1S/C12H20N2O/c1-5-9-13(10-6-2)14(11-7-3)12(15)8-4/h5-6,8H,1-2,4,7,9-11H2,3H3. The van der Waals surface area contributed by atoms with E-state index in [1.807, 2.05) is 11.9 Å². The van der Waals surface area contributed by atoms with Gasteiger partial charge in [0.05, 0.1) is 0 Å². The Bertz CT molecular complexity index is 226. The summed E-state index contributed by atoms with van der Waals surface area (Å²) in [4.78, 5) is 11.6. The van der Waals surface area contributed by atoms with Gasteiger partial charge < -0.3 is 0 Å². The summed E-state index contributed by atoms with van der Waals surface area (Å²) in [6, 6.07) is 0. The summed E-state index contributed by atoms with van der Waals surface area (Å²) >= 11 is 0. The highest BCUT2D eigenvalue weighted by atomic mass is 16.2. The minimum Gasteiger partial charge on any atom is -0.271 e. The summed E-state index contributed by atoms with van der Waals surface area (Å²) in [5.41, 5.74) is 0. The van der Waals surface area contributed by atoms with Gasteiger partial charge in [0.1, 0.15) is 0 Å². The van der Waals surface area contributed by atoms with Crippen molar-refractivity contribution in [3.8, 4) is 0 Å². The fraction of sp³-hybridized carbons (Fsp3) is 0.417. The first-order chi connectivity index (χ1) is 7.21. The van der Waals surface area contributed by atoms with Gasteiger partial charge in [0.25, 0.3) is 5.91 Å². The van der Waals surface area contributed by atoms with Crippen LogP contribution in [0.1, 0.15) is 13.3 Å². The summed E-state index contributed by atoms with van der Waals surface area (Å²) in [6.07, 6.45) is 5.77. The topological polar surface area (TPSA) is 23.6 Å². The van der Waals surface area contributed by atoms with Crippen LogP contribution in [0.25, 0.3) is 0 Å². The number of hydrogen-bond donors (Lipinski definition) is 0. The molecule has 0 aliphatic heterocycles. The molecule has 3 nitrogen and oxygen atoms in total. The molecule has 0 aliphatic rings. The maximum absolute atomic E-state index is 11.6. The Balaban J connectivity index is 4.63. The number of amides is 1. The molecule has 0 atom stereocenters. The number of rotatable bonds is 8. The molecule has 0 spiro atoms. The summed E-state index contributed by atoms with van der Waals surface area (Å²) in [5.74, 6) is -0.0828.